The van der Waals surface area contributed by atoms with Gasteiger partial charge in [-0.2, -0.15) is 0 Å². The lowest BCUT2D eigenvalue weighted by Gasteiger charge is -2.27. The van der Waals surface area contributed by atoms with Crippen molar-refractivity contribution in [3.63, 3.8) is 0 Å². The number of amides is 1. The number of nitrogens with one attached hydrogen (secondary N) is 1. The Kier molecular flexibility index (Phi) is 3.22. The van der Waals surface area contributed by atoms with E-state index in [0.717, 1.165) is 29.0 Å². The molecule has 0 aliphatic carbocycles. The molecule has 4 nitrogen and oxygen atoms in total. The number of para-hydroxylation sites is 2. The number of benzene rings is 2. The molecule has 22 heavy (non-hydrogen) atoms. The number of carbonyl (C=O) groups excluding carboxylic acids is 1. The van der Waals surface area contributed by atoms with Crippen molar-refractivity contribution in [2.75, 3.05) is 6.61 Å². The SMILES string of the molecule is O=C(N[C@@H]1CCOc2ccccc21)[C@@H]1Cc2ccccc2O1. The molecular formula is C18H17NO3. The van der Waals surface area contributed by atoms with Crippen LogP contribution in [0.1, 0.15) is 23.6 Å². The normalized spacial score (nSPS) is 22.0. The summed E-state index contributed by atoms with van der Waals surface area (Å²) < 4.78 is 11.4. The van der Waals surface area contributed by atoms with E-state index in [1.807, 2.05) is 48.5 Å². The number of ether oxygens (including phenoxy) is 2. The molecule has 1 amide bonds. The monoisotopic (exact) mass is 295 g/mol. The molecule has 0 aromatic heterocycles. The van der Waals surface area contributed by atoms with E-state index in [1.165, 1.54) is 0 Å². The molecule has 0 spiro atoms. The van der Waals surface area contributed by atoms with E-state index < -0.39 is 6.10 Å². The Bertz CT molecular complexity index is 688. The average molecular weight is 295 g/mol. The van der Waals surface area contributed by atoms with E-state index in [0.29, 0.717) is 13.0 Å². The molecule has 1 N–H and O–H groups in total. The van der Waals surface area contributed by atoms with Crippen LogP contribution in [-0.4, -0.2) is 18.6 Å². The molecule has 0 radical (unpaired) electrons. The Balaban J connectivity index is 1.48. The predicted octanol–water partition coefficient (Wildman–Crippen LogP) is 2.63. The van der Waals surface area contributed by atoms with Gasteiger partial charge in [-0.05, 0) is 17.7 Å². The second-order valence-corrected chi connectivity index (χ2v) is 5.65. The van der Waals surface area contributed by atoms with Crippen LogP contribution in [0.25, 0.3) is 0 Å². The van der Waals surface area contributed by atoms with Gasteiger partial charge in [-0.15, -0.1) is 0 Å². The van der Waals surface area contributed by atoms with Crippen LogP contribution in [-0.2, 0) is 11.2 Å². The first kappa shape index (κ1) is 13.2. The van der Waals surface area contributed by atoms with Gasteiger partial charge in [0.2, 0.25) is 0 Å². The third kappa shape index (κ3) is 2.30. The quantitative estimate of drug-likeness (QED) is 0.926. The molecule has 0 fully saturated rings. The van der Waals surface area contributed by atoms with Crippen molar-refractivity contribution in [3.8, 4) is 11.5 Å². The standard InChI is InChI=1S/C18H17NO3/c20-18(17-11-12-5-1-3-7-15(12)22-17)19-14-9-10-21-16-8-4-2-6-13(14)16/h1-8,14,17H,9-11H2,(H,19,20)/t14-,17+/m1/s1. The summed E-state index contributed by atoms with van der Waals surface area (Å²) in [6.45, 7) is 0.619. The lowest BCUT2D eigenvalue weighted by molar-refractivity contribution is -0.128. The first-order valence-corrected chi connectivity index (χ1v) is 7.58. The van der Waals surface area contributed by atoms with E-state index in [2.05, 4.69) is 5.32 Å². The van der Waals surface area contributed by atoms with Crippen molar-refractivity contribution in [3.05, 3.63) is 59.7 Å². The first-order chi connectivity index (χ1) is 10.8. The third-order valence-corrected chi connectivity index (χ3v) is 4.21. The summed E-state index contributed by atoms with van der Waals surface area (Å²) in [6, 6.07) is 15.7. The van der Waals surface area contributed by atoms with Crippen LogP contribution in [0.4, 0.5) is 0 Å². The highest BCUT2D eigenvalue weighted by Crippen LogP contribution is 2.33. The van der Waals surface area contributed by atoms with Gasteiger partial charge in [0.05, 0.1) is 12.6 Å². The Morgan fingerprint density at radius 2 is 1.82 bits per heavy atom. The molecule has 2 atom stereocenters. The summed E-state index contributed by atoms with van der Waals surface area (Å²) in [5, 5.41) is 3.11. The smallest absolute Gasteiger partial charge is 0.261 e. The van der Waals surface area contributed by atoms with Crippen molar-refractivity contribution in [2.45, 2.75) is 25.0 Å². The molecule has 2 aromatic carbocycles. The van der Waals surface area contributed by atoms with Crippen LogP contribution in [0.2, 0.25) is 0 Å². The second kappa shape index (κ2) is 5.37. The highest BCUT2D eigenvalue weighted by atomic mass is 16.5. The minimum absolute atomic E-state index is 0.00948. The van der Waals surface area contributed by atoms with Crippen LogP contribution < -0.4 is 14.8 Å². The van der Waals surface area contributed by atoms with Gasteiger partial charge in [-0.1, -0.05) is 36.4 Å². The van der Waals surface area contributed by atoms with E-state index in [9.17, 15) is 4.79 Å². The number of rotatable bonds is 2. The van der Waals surface area contributed by atoms with Crippen LogP contribution in [0, 0.1) is 0 Å². The summed E-state index contributed by atoms with van der Waals surface area (Å²) >= 11 is 0. The van der Waals surface area contributed by atoms with E-state index in [4.69, 9.17) is 9.47 Å². The summed E-state index contributed by atoms with van der Waals surface area (Å²) in [5.74, 6) is 1.61. The Labute approximate surface area is 129 Å². The molecular weight excluding hydrogens is 278 g/mol. The number of hydrogen-bond acceptors (Lipinski definition) is 3. The van der Waals surface area contributed by atoms with Crippen LogP contribution in [0.15, 0.2) is 48.5 Å². The van der Waals surface area contributed by atoms with E-state index in [-0.39, 0.29) is 11.9 Å². The van der Waals surface area contributed by atoms with Crippen molar-refractivity contribution in [1.82, 2.24) is 5.32 Å². The number of carbonyl (C=O) groups is 1. The van der Waals surface area contributed by atoms with Gasteiger partial charge in [-0.25, -0.2) is 0 Å². The molecule has 0 saturated carbocycles. The van der Waals surface area contributed by atoms with Crippen LogP contribution in [0.5, 0.6) is 11.5 Å². The maximum atomic E-state index is 12.5. The van der Waals surface area contributed by atoms with Gasteiger partial charge in [0.1, 0.15) is 11.5 Å². The fraction of sp³-hybridized carbons (Fsp3) is 0.278. The van der Waals surface area contributed by atoms with Gasteiger partial charge in [-0.3, -0.25) is 4.79 Å². The third-order valence-electron chi connectivity index (χ3n) is 4.21. The highest BCUT2D eigenvalue weighted by molar-refractivity contribution is 5.83. The molecule has 0 saturated heterocycles. The van der Waals surface area contributed by atoms with E-state index in [1.54, 1.807) is 0 Å². The summed E-state index contributed by atoms with van der Waals surface area (Å²) in [4.78, 5) is 12.5. The molecule has 2 heterocycles. The zero-order valence-electron chi connectivity index (χ0n) is 12.1. The average Bonchev–Trinajstić information content (AvgIpc) is 2.99. The predicted molar refractivity (Wildman–Crippen MR) is 82.0 cm³/mol. The van der Waals surface area contributed by atoms with Crippen LogP contribution in [0.3, 0.4) is 0 Å². The highest BCUT2D eigenvalue weighted by Gasteiger charge is 2.31. The Morgan fingerprint density at radius 1 is 1.05 bits per heavy atom. The zero-order chi connectivity index (χ0) is 14.9. The molecule has 112 valence electrons. The minimum Gasteiger partial charge on any atom is -0.493 e. The molecule has 2 aromatic rings. The lowest BCUT2D eigenvalue weighted by atomic mass is 10.00. The second-order valence-electron chi connectivity index (χ2n) is 5.65. The van der Waals surface area contributed by atoms with Gasteiger partial charge in [0.25, 0.3) is 5.91 Å². The van der Waals surface area contributed by atoms with Gasteiger partial charge < -0.3 is 14.8 Å². The Hall–Kier alpha value is -2.49. The zero-order valence-corrected chi connectivity index (χ0v) is 12.1. The van der Waals surface area contributed by atoms with Gasteiger partial charge in [0, 0.05) is 18.4 Å². The summed E-state index contributed by atoms with van der Waals surface area (Å²) in [6.07, 6.45) is 0.974. The van der Waals surface area contributed by atoms with Crippen molar-refractivity contribution >= 4 is 5.91 Å². The number of hydrogen-bond donors (Lipinski definition) is 1. The Morgan fingerprint density at radius 3 is 2.68 bits per heavy atom. The largest absolute Gasteiger partial charge is 0.493 e. The van der Waals surface area contributed by atoms with Crippen molar-refractivity contribution in [1.29, 1.82) is 0 Å². The molecule has 4 rings (SSSR count). The lowest BCUT2D eigenvalue weighted by Crippen LogP contribution is -2.41. The van der Waals surface area contributed by atoms with Crippen molar-refractivity contribution in [2.24, 2.45) is 0 Å². The first-order valence-electron chi connectivity index (χ1n) is 7.58. The topological polar surface area (TPSA) is 47.6 Å². The summed E-state index contributed by atoms with van der Waals surface area (Å²) in [7, 11) is 0. The minimum atomic E-state index is -0.438. The maximum Gasteiger partial charge on any atom is 0.261 e. The fourth-order valence-electron chi connectivity index (χ4n) is 3.08. The molecule has 0 unspecified atom stereocenters. The molecule has 4 heteroatoms. The number of fused-ring (bicyclic) bond motifs is 2. The summed E-state index contributed by atoms with van der Waals surface area (Å²) in [5.41, 5.74) is 2.13. The molecule has 2 aliphatic heterocycles. The van der Waals surface area contributed by atoms with Gasteiger partial charge in [0.15, 0.2) is 6.10 Å². The fourth-order valence-corrected chi connectivity index (χ4v) is 3.08. The van der Waals surface area contributed by atoms with Crippen molar-refractivity contribution < 1.29 is 14.3 Å². The van der Waals surface area contributed by atoms with E-state index >= 15 is 0 Å². The maximum absolute atomic E-state index is 12.5. The van der Waals surface area contributed by atoms with Crippen LogP contribution >= 0.6 is 0 Å². The molecule has 0 bridgehead atoms. The molecule has 2 aliphatic rings. The van der Waals surface area contributed by atoms with Gasteiger partial charge >= 0.3 is 0 Å².